The Morgan fingerprint density at radius 3 is 3.00 bits per heavy atom. The van der Waals surface area contributed by atoms with Gasteiger partial charge in [0.05, 0.1) is 5.69 Å². The van der Waals surface area contributed by atoms with Crippen molar-refractivity contribution < 1.29 is 4.79 Å². The second-order valence-corrected chi connectivity index (χ2v) is 6.58. The van der Waals surface area contributed by atoms with Crippen LogP contribution in [0.25, 0.3) is 11.3 Å². The molecular weight excluding hydrogens is 274 g/mol. The maximum absolute atomic E-state index is 12.1. The van der Waals surface area contributed by atoms with Gasteiger partial charge in [-0.3, -0.25) is 4.79 Å². The van der Waals surface area contributed by atoms with Crippen molar-refractivity contribution in [2.45, 2.75) is 39.2 Å². The number of fused-ring (bicyclic) bond motifs is 1. The zero-order valence-electron chi connectivity index (χ0n) is 12.9. The number of imidazole rings is 1. The Bertz CT molecular complexity index is 695. The number of hydrogen-bond donors (Lipinski definition) is 1. The van der Waals surface area contributed by atoms with Crippen LogP contribution in [0.2, 0.25) is 0 Å². The molecule has 4 rings (SSSR count). The Morgan fingerprint density at radius 2 is 2.23 bits per heavy atom. The van der Waals surface area contributed by atoms with E-state index >= 15 is 0 Å². The Kier molecular flexibility index (Phi) is 3.25. The van der Waals surface area contributed by atoms with Gasteiger partial charge in [0.25, 0.3) is 0 Å². The van der Waals surface area contributed by atoms with Gasteiger partial charge < -0.3 is 9.88 Å². The summed E-state index contributed by atoms with van der Waals surface area (Å²) in [6.07, 6.45) is 6.68. The maximum Gasteiger partial charge on any atom is 0.227 e. The molecule has 1 aliphatic carbocycles. The maximum atomic E-state index is 12.1. The predicted molar refractivity (Wildman–Crippen MR) is 86.5 cm³/mol. The highest BCUT2D eigenvalue weighted by Crippen LogP contribution is 2.38. The molecule has 114 valence electrons. The van der Waals surface area contributed by atoms with Gasteiger partial charge in [-0.1, -0.05) is 19.1 Å². The number of aromatic nitrogens is 2. The minimum absolute atomic E-state index is 0.147. The average molecular weight is 295 g/mol. The molecule has 2 aromatic rings. The quantitative estimate of drug-likeness (QED) is 0.942. The fourth-order valence-corrected chi connectivity index (χ4v) is 3.23. The van der Waals surface area contributed by atoms with Gasteiger partial charge in [-0.2, -0.15) is 0 Å². The summed E-state index contributed by atoms with van der Waals surface area (Å²) in [5.41, 5.74) is 2.95. The van der Waals surface area contributed by atoms with Crippen LogP contribution in [0.4, 0.5) is 5.69 Å². The third kappa shape index (κ3) is 2.54. The van der Waals surface area contributed by atoms with Crippen LogP contribution in [0.1, 0.15) is 32.0 Å². The summed E-state index contributed by atoms with van der Waals surface area (Å²) < 4.78 is 2.26. The molecule has 1 fully saturated rings. The number of carbonyl (C=O) groups excluding carboxylic acids is 1. The summed E-state index contributed by atoms with van der Waals surface area (Å²) in [6.45, 7) is 3.19. The van der Waals surface area contributed by atoms with Crippen molar-refractivity contribution in [3.8, 4) is 11.3 Å². The molecule has 2 heterocycles. The molecule has 2 unspecified atom stereocenters. The molecule has 1 aromatic carbocycles. The minimum atomic E-state index is 0.147. The monoisotopic (exact) mass is 295 g/mol. The first-order valence-electron chi connectivity index (χ1n) is 8.18. The number of nitrogens with zero attached hydrogens (tertiary/aromatic N) is 2. The molecule has 4 nitrogen and oxygen atoms in total. The summed E-state index contributed by atoms with van der Waals surface area (Å²) in [5, 5.41) is 3.03. The zero-order chi connectivity index (χ0) is 15.1. The van der Waals surface area contributed by atoms with E-state index in [0.29, 0.717) is 5.92 Å². The van der Waals surface area contributed by atoms with Crippen LogP contribution < -0.4 is 5.32 Å². The van der Waals surface area contributed by atoms with Gasteiger partial charge in [0, 0.05) is 36.3 Å². The van der Waals surface area contributed by atoms with E-state index < -0.39 is 0 Å². The first-order chi connectivity index (χ1) is 10.7. The molecule has 1 aliphatic heterocycles. The van der Waals surface area contributed by atoms with E-state index in [1.165, 1.54) is 18.7 Å². The van der Waals surface area contributed by atoms with Gasteiger partial charge in [-0.25, -0.2) is 4.98 Å². The molecule has 0 radical (unpaired) electrons. The third-order valence-electron chi connectivity index (χ3n) is 4.78. The highest BCUT2D eigenvalue weighted by Gasteiger charge is 2.39. The Labute approximate surface area is 130 Å². The fourth-order valence-electron chi connectivity index (χ4n) is 3.23. The van der Waals surface area contributed by atoms with Crippen LogP contribution in [0.3, 0.4) is 0 Å². The summed E-state index contributed by atoms with van der Waals surface area (Å²) in [6, 6.07) is 8.02. The van der Waals surface area contributed by atoms with E-state index in [9.17, 15) is 4.79 Å². The van der Waals surface area contributed by atoms with Gasteiger partial charge in [-0.15, -0.1) is 0 Å². The van der Waals surface area contributed by atoms with Crippen molar-refractivity contribution in [3.63, 3.8) is 0 Å². The first kappa shape index (κ1) is 13.6. The predicted octanol–water partition coefficient (Wildman–Crippen LogP) is 3.48. The molecule has 0 spiro atoms. The number of aryl methyl sites for hydroxylation is 2. The highest BCUT2D eigenvalue weighted by molar-refractivity contribution is 5.94. The molecule has 2 aliphatic rings. The Morgan fingerprint density at radius 1 is 1.36 bits per heavy atom. The zero-order valence-corrected chi connectivity index (χ0v) is 12.9. The number of anilines is 1. The normalized spacial score (nSPS) is 23.0. The molecular formula is C18H21N3O. The van der Waals surface area contributed by atoms with E-state index in [-0.39, 0.29) is 11.8 Å². The second-order valence-electron chi connectivity index (χ2n) is 6.58. The van der Waals surface area contributed by atoms with Crippen LogP contribution in [0, 0.1) is 11.8 Å². The van der Waals surface area contributed by atoms with Crippen LogP contribution in [0.15, 0.2) is 30.5 Å². The van der Waals surface area contributed by atoms with Crippen molar-refractivity contribution in [1.82, 2.24) is 9.55 Å². The molecule has 1 amide bonds. The van der Waals surface area contributed by atoms with Crippen LogP contribution in [-0.4, -0.2) is 15.5 Å². The van der Waals surface area contributed by atoms with Crippen LogP contribution in [-0.2, 0) is 17.8 Å². The van der Waals surface area contributed by atoms with E-state index in [0.717, 1.165) is 36.3 Å². The SMILES string of the molecule is CC1CC1C(=O)Nc1cccc(-c2cn3c(n2)CCCC3)c1. The summed E-state index contributed by atoms with van der Waals surface area (Å²) in [7, 11) is 0. The second kappa shape index (κ2) is 5.27. The largest absolute Gasteiger partial charge is 0.334 e. The number of rotatable bonds is 3. The highest BCUT2D eigenvalue weighted by atomic mass is 16.2. The molecule has 0 bridgehead atoms. The lowest BCUT2D eigenvalue weighted by atomic mass is 10.1. The van der Waals surface area contributed by atoms with Crippen LogP contribution >= 0.6 is 0 Å². The smallest absolute Gasteiger partial charge is 0.227 e. The number of carbonyl (C=O) groups is 1. The summed E-state index contributed by atoms with van der Waals surface area (Å²) in [4.78, 5) is 16.8. The molecule has 0 saturated heterocycles. The molecule has 22 heavy (non-hydrogen) atoms. The molecule has 1 N–H and O–H groups in total. The van der Waals surface area contributed by atoms with Crippen molar-refractivity contribution >= 4 is 11.6 Å². The first-order valence-corrected chi connectivity index (χ1v) is 8.18. The van der Waals surface area contributed by atoms with Crippen LogP contribution in [0.5, 0.6) is 0 Å². The van der Waals surface area contributed by atoms with Crippen molar-refractivity contribution in [3.05, 3.63) is 36.3 Å². The third-order valence-corrected chi connectivity index (χ3v) is 4.78. The average Bonchev–Trinajstić information content (AvgIpc) is 3.11. The number of benzene rings is 1. The molecule has 1 aromatic heterocycles. The van der Waals surface area contributed by atoms with Crippen molar-refractivity contribution in [2.75, 3.05) is 5.32 Å². The van der Waals surface area contributed by atoms with Gasteiger partial charge in [0.2, 0.25) is 5.91 Å². The Balaban J connectivity index is 1.56. The van der Waals surface area contributed by atoms with E-state index in [2.05, 4.69) is 29.1 Å². The van der Waals surface area contributed by atoms with Crippen molar-refractivity contribution in [1.29, 1.82) is 0 Å². The molecule has 1 saturated carbocycles. The van der Waals surface area contributed by atoms with Gasteiger partial charge in [0.1, 0.15) is 5.82 Å². The van der Waals surface area contributed by atoms with E-state index in [4.69, 9.17) is 4.98 Å². The molecule has 2 atom stereocenters. The fraction of sp³-hybridized carbons (Fsp3) is 0.444. The van der Waals surface area contributed by atoms with Gasteiger partial charge in [0.15, 0.2) is 0 Å². The lowest BCUT2D eigenvalue weighted by Gasteiger charge is -2.11. The molecule has 4 heteroatoms. The minimum Gasteiger partial charge on any atom is -0.334 e. The van der Waals surface area contributed by atoms with Gasteiger partial charge in [-0.05, 0) is 37.3 Å². The number of amides is 1. The summed E-state index contributed by atoms with van der Waals surface area (Å²) in [5.74, 6) is 2.06. The van der Waals surface area contributed by atoms with Gasteiger partial charge >= 0.3 is 0 Å². The summed E-state index contributed by atoms with van der Waals surface area (Å²) >= 11 is 0. The lowest BCUT2D eigenvalue weighted by molar-refractivity contribution is -0.117. The lowest BCUT2D eigenvalue weighted by Crippen LogP contribution is -2.14. The topological polar surface area (TPSA) is 46.9 Å². The number of nitrogens with one attached hydrogen (secondary N) is 1. The van der Waals surface area contributed by atoms with Crippen molar-refractivity contribution in [2.24, 2.45) is 11.8 Å². The number of hydrogen-bond acceptors (Lipinski definition) is 2. The standard InChI is InChI=1S/C18H21N3O/c1-12-9-15(12)18(22)19-14-6-4-5-13(10-14)16-11-21-8-3-2-7-17(21)20-16/h4-6,10-12,15H,2-3,7-9H2,1H3,(H,19,22). The van der Waals surface area contributed by atoms with E-state index in [1.54, 1.807) is 0 Å². The van der Waals surface area contributed by atoms with E-state index in [1.807, 2.05) is 18.2 Å². The Hall–Kier alpha value is -2.10.